The number of rotatable bonds is 11. The van der Waals surface area contributed by atoms with Crippen LogP contribution in [-0.2, 0) is 6.42 Å². The highest BCUT2D eigenvalue weighted by molar-refractivity contribution is 5.97. The summed E-state index contributed by atoms with van der Waals surface area (Å²) in [4.78, 5) is 16.6. The summed E-state index contributed by atoms with van der Waals surface area (Å²) in [5.74, 6) is 0.697. The number of carbonyl (C=O) groups excluding carboxylic acids is 1. The van der Waals surface area contributed by atoms with Crippen LogP contribution in [0.3, 0.4) is 0 Å². The second kappa shape index (κ2) is 14.9. The van der Waals surface area contributed by atoms with Crippen molar-refractivity contribution >= 4 is 30.6 Å². The number of unbranched alkanes of at least 4 members (excludes halogenated alkanes) is 3. The van der Waals surface area contributed by atoms with Gasteiger partial charge in [0.15, 0.2) is 5.78 Å². The first-order valence-corrected chi connectivity index (χ1v) is 10.4. The van der Waals surface area contributed by atoms with Crippen LogP contribution in [0.4, 0.5) is 0 Å². The van der Waals surface area contributed by atoms with Crippen molar-refractivity contribution in [1.29, 1.82) is 0 Å². The maximum atomic E-state index is 11.6. The highest BCUT2D eigenvalue weighted by atomic mass is 35.5. The van der Waals surface area contributed by atoms with E-state index in [4.69, 9.17) is 4.74 Å². The minimum absolute atomic E-state index is 0. The number of Topliss-reactive ketones (excluding diaryl/α,β-unsaturated/α-hetero) is 1. The molecule has 0 amide bonds. The zero-order valence-electron chi connectivity index (χ0n) is 18.1. The predicted octanol–water partition coefficient (Wildman–Crippen LogP) is 4.58. The minimum atomic E-state index is -0.114. The molecule has 0 unspecified atom stereocenters. The molecule has 168 valence electrons. The Morgan fingerprint density at radius 3 is 2.34 bits per heavy atom. The summed E-state index contributed by atoms with van der Waals surface area (Å²) in [7, 11) is 2.19. The molecule has 1 aliphatic rings. The maximum Gasteiger partial charge on any atom is 0.163 e. The number of hydrogen-bond donors (Lipinski definition) is 1. The Labute approximate surface area is 188 Å². The monoisotopic (exact) mass is 448 g/mol. The first-order chi connectivity index (χ1) is 13.0. The van der Waals surface area contributed by atoms with Crippen molar-refractivity contribution in [2.24, 2.45) is 0 Å². The van der Waals surface area contributed by atoms with Gasteiger partial charge in [-0.2, -0.15) is 0 Å². The molecular weight excluding hydrogens is 411 g/mol. The first-order valence-electron chi connectivity index (χ1n) is 10.4. The van der Waals surface area contributed by atoms with Crippen molar-refractivity contribution in [1.82, 2.24) is 9.80 Å². The number of aromatic hydroxyl groups is 1. The van der Waals surface area contributed by atoms with Crippen LogP contribution >= 0.6 is 24.8 Å². The fourth-order valence-electron chi connectivity index (χ4n) is 3.57. The molecule has 29 heavy (non-hydrogen) atoms. The van der Waals surface area contributed by atoms with Crippen LogP contribution < -0.4 is 4.74 Å². The van der Waals surface area contributed by atoms with E-state index in [1.807, 2.05) is 6.07 Å². The van der Waals surface area contributed by atoms with Gasteiger partial charge in [-0.05, 0) is 51.9 Å². The molecule has 0 bridgehead atoms. The third-order valence-electron chi connectivity index (χ3n) is 5.34. The molecule has 5 nitrogen and oxygen atoms in total. The molecule has 1 aromatic rings. The molecule has 0 aromatic heterocycles. The smallest absolute Gasteiger partial charge is 0.163 e. The number of likely N-dealkylation sites (N-methyl/N-ethyl adjacent to an activating group) is 1. The number of benzene rings is 1. The summed E-state index contributed by atoms with van der Waals surface area (Å²) < 4.78 is 5.93. The van der Waals surface area contributed by atoms with Gasteiger partial charge in [0.25, 0.3) is 0 Å². The van der Waals surface area contributed by atoms with Gasteiger partial charge in [0.1, 0.15) is 11.5 Å². The summed E-state index contributed by atoms with van der Waals surface area (Å²) in [6, 6.07) is 3.50. The fraction of sp³-hybridized carbons (Fsp3) is 0.682. The van der Waals surface area contributed by atoms with Crippen molar-refractivity contribution in [3.63, 3.8) is 0 Å². The van der Waals surface area contributed by atoms with Crippen molar-refractivity contribution in [3.05, 3.63) is 23.3 Å². The molecule has 1 saturated heterocycles. The van der Waals surface area contributed by atoms with Gasteiger partial charge in [0.05, 0.1) is 12.2 Å². The third kappa shape index (κ3) is 9.12. The first kappa shape index (κ1) is 28.0. The third-order valence-corrected chi connectivity index (χ3v) is 5.34. The van der Waals surface area contributed by atoms with E-state index >= 15 is 0 Å². The minimum Gasteiger partial charge on any atom is -0.507 e. The summed E-state index contributed by atoms with van der Waals surface area (Å²) >= 11 is 0. The van der Waals surface area contributed by atoms with Gasteiger partial charge in [-0.1, -0.05) is 26.2 Å². The van der Waals surface area contributed by atoms with E-state index in [0.29, 0.717) is 18.6 Å². The van der Waals surface area contributed by atoms with Crippen molar-refractivity contribution in [2.45, 2.75) is 52.4 Å². The zero-order chi connectivity index (χ0) is 19.6. The van der Waals surface area contributed by atoms with E-state index in [2.05, 4.69) is 23.8 Å². The van der Waals surface area contributed by atoms with E-state index in [1.54, 1.807) is 6.07 Å². The molecule has 1 heterocycles. The van der Waals surface area contributed by atoms with Crippen LogP contribution in [0, 0.1) is 0 Å². The van der Waals surface area contributed by atoms with Crippen LogP contribution in [-0.4, -0.2) is 67.1 Å². The quantitative estimate of drug-likeness (QED) is 0.396. The van der Waals surface area contributed by atoms with Crippen LogP contribution in [0.1, 0.15) is 61.9 Å². The normalized spacial score (nSPS) is 14.7. The van der Waals surface area contributed by atoms with Crippen LogP contribution in [0.15, 0.2) is 12.1 Å². The molecule has 0 saturated carbocycles. The van der Waals surface area contributed by atoms with E-state index in [9.17, 15) is 9.90 Å². The van der Waals surface area contributed by atoms with E-state index in [0.717, 1.165) is 30.6 Å². The molecule has 0 aliphatic carbocycles. The van der Waals surface area contributed by atoms with Crippen LogP contribution in [0.5, 0.6) is 11.5 Å². The largest absolute Gasteiger partial charge is 0.507 e. The highest BCUT2D eigenvalue weighted by Crippen LogP contribution is 2.33. The van der Waals surface area contributed by atoms with E-state index < -0.39 is 0 Å². The number of phenols is 1. The summed E-state index contributed by atoms with van der Waals surface area (Å²) in [6.07, 6.45) is 6.27. The van der Waals surface area contributed by atoms with Gasteiger partial charge in [-0.25, -0.2) is 0 Å². The number of phenolic OH excluding ortho intramolecular Hbond substituents is 1. The topological polar surface area (TPSA) is 53.0 Å². The number of nitrogens with zero attached hydrogens (tertiary/aromatic N) is 2. The molecule has 2 rings (SSSR count). The zero-order valence-corrected chi connectivity index (χ0v) is 19.7. The lowest BCUT2D eigenvalue weighted by Gasteiger charge is -2.32. The Hall–Kier alpha value is -1.01. The highest BCUT2D eigenvalue weighted by Gasteiger charge is 2.16. The van der Waals surface area contributed by atoms with E-state index in [-0.39, 0.29) is 36.3 Å². The van der Waals surface area contributed by atoms with Gasteiger partial charge < -0.3 is 19.6 Å². The lowest BCUT2D eigenvalue weighted by Crippen LogP contribution is -2.44. The van der Waals surface area contributed by atoms with Crippen molar-refractivity contribution < 1.29 is 14.6 Å². The Kier molecular flexibility index (Phi) is 14.4. The molecule has 7 heteroatoms. The average Bonchev–Trinajstić information content (AvgIpc) is 2.64. The van der Waals surface area contributed by atoms with Gasteiger partial charge in [0, 0.05) is 31.7 Å². The number of hydrogen-bond acceptors (Lipinski definition) is 5. The van der Waals surface area contributed by atoms with Gasteiger partial charge in [-0.3, -0.25) is 4.79 Å². The SMILES string of the molecule is CCCc1c(OCCCCCCN2CCN(C)CC2)ccc(C(C)=O)c1O.Cl.Cl. The second-order valence-corrected chi connectivity index (χ2v) is 7.65. The molecule has 1 aromatic carbocycles. The molecule has 1 fully saturated rings. The fourth-order valence-corrected chi connectivity index (χ4v) is 3.57. The number of ether oxygens (including phenoxy) is 1. The predicted molar refractivity (Wildman–Crippen MR) is 125 cm³/mol. The second-order valence-electron chi connectivity index (χ2n) is 7.65. The number of halogens is 2. The number of ketones is 1. The standard InChI is InChI=1S/C22H36N2O3.2ClH/c1-4-9-20-21(11-10-19(18(2)25)22(20)26)27-17-8-6-5-7-12-24-15-13-23(3)14-16-24;;/h10-11,26H,4-9,12-17H2,1-3H3;2*1H. The molecular formula is C22H38Cl2N2O3. The summed E-state index contributed by atoms with van der Waals surface area (Å²) in [5, 5.41) is 10.4. The van der Waals surface area contributed by atoms with Gasteiger partial charge >= 0.3 is 0 Å². The number of carbonyl (C=O) groups is 1. The lowest BCUT2D eigenvalue weighted by atomic mass is 10.0. The van der Waals surface area contributed by atoms with Gasteiger partial charge in [-0.15, -0.1) is 24.8 Å². The Morgan fingerprint density at radius 1 is 1.07 bits per heavy atom. The van der Waals surface area contributed by atoms with Crippen LogP contribution in [0.2, 0.25) is 0 Å². The van der Waals surface area contributed by atoms with E-state index in [1.165, 1.54) is 52.5 Å². The molecule has 1 N–H and O–H groups in total. The maximum absolute atomic E-state index is 11.6. The average molecular weight is 449 g/mol. The Balaban J connectivity index is 0.00000392. The molecule has 0 radical (unpaired) electrons. The summed E-state index contributed by atoms with van der Waals surface area (Å²) in [6.45, 7) is 10.2. The Bertz CT molecular complexity index is 606. The van der Waals surface area contributed by atoms with Gasteiger partial charge in [0.2, 0.25) is 0 Å². The van der Waals surface area contributed by atoms with Crippen molar-refractivity contribution in [2.75, 3.05) is 46.4 Å². The lowest BCUT2D eigenvalue weighted by molar-refractivity contribution is 0.101. The molecule has 1 aliphatic heterocycles. The molecule has 0 spiro atoms. The molecule has 0 atom stereocenters. The Morgan fingerprint density at radius 2 is 1.72 bits per heavy atom. The van der Waals surface area contributed by atoms with Crippen LogP contribution in [0.25, 0.3) is 0 Å². The summed E-state index contributed by atoms with van der Waals surface area (Å²) in [5.41, 5.74) is 1.15. The number of piperazine rings is 1. The van der Waals surface area contributed by atoms with Crippen molar-refractivity contribution in [3.8, 4) is 11.5 Å².